The SMILES string of the molecule is CC1(C)C(NC(c2ccccc2)c2ccccn2)C1(C)C. The number of benzene rings is 1. The Hall–Kier alpha value is -1.67. The van der Waals surface area contributed by atoms with E-state index >= 15 is 0 Å². The lowest BCUT2D eigenvalue weighted by Crippen LogP contribution is -2.29. The van der Waals surface area contributed by atoms with Crippen molar-refractivity contribution in [3.8, 4) is 0 Å². The van der Waals surface area contributed by atoms with Crippen LogP contribution >= 0.6 is 0 Å². The van der Waals surface area contributed by atoms with Crippen LogP contribution in [0.1, 0.15) is 45.0 Å². The molecule has 0 aliphatic heterocycles. The average Bonchev–Trinajstić information content (AvgIpc) is 2.88. The number of rotatable bonds is 4. The molecule has 21 heavy (non-hydrogen) atoms. The molecule has 1 atom stereocenters. The van der Waals surface area contributed by atoms with Crippen LogP contribution in [0.4, 0.5) is 0 Å². The maximum Gasteiger partial charge on any atom is 0.0753 e. The third kappa shape index (κ3) is 2.38. The van der Waals surface area contributed by atoms with E-state index in [0.29, 0.717) is 16.9 Å². The van der Waals surface area contributed by atoms with Crippen LogP contribution < -0.4 is 5.32 Å². The van der Waals surface area contributed by atoms with Gasteiger partial charge in [-0.25, -0.2) is 0 Å². The predicted molar refractivity (Wildman–Crippen MR) is 87.0 cm³/mol. The number of hydrogen-bond acceptors (Lipinski definition) is 2. The second-order valence-electron chi connectivity index (χ2n) is 7.14. The van der Waals surface area contributed by atoms with E-state index in [4.69, 9.17) is 0 Å². The molecule has 3 rings (SSSR count). The summed E-state index contributed by atoms with van der Waals surface area (Å²) >= 11 is 0. The molecule has 1 aliphatic carbocycles. The fourth-order valence-corrected chi connectivity index (χ4v) is 3.32. The summed E-state index contributed by atoms with van der Waals surface area (Å²) < 4.78 is 0. The minimum Gasteiger partial charge on any atom is -0.301 e. The standard InChI is InChI=1S/C19H24N2/c1-18(2)17(19(18,3)4)21-16(14-10-6-5-7-11-14)15-12-8-9-13-20-15/h5-13,16-17,21H,1-4H3. The van der Waals surface area contributed by atoms with Crippen LogP contribution in [0.25, 0.3) is 0 Å². The summed E-state index contributed by atoms with van der Waals surface area (Å²) in [5.74, 6) is 0. The number of nitrogens with one attached hydrogen (secondary N) is 1. The Morgan fingerprint density at radius 1 is 0.905 bits per heavy atom. The molecule has 0 amide bonds. The van der Waals surface area contributed by atoms with Crippen molar-refractivity contribution in [2.24, 2.45) is 10.8 Å². The summed E-state index contributed by atoms with van der Waals surface area (Å²) in [6, 6.07) is 17.4. The highest BCUT2D eigenvalue weighted by Crippen LogP contribution is 2.63. The minimum absolute atomic E-state index is 0.151. The lowest BCUT2D eigenvalue weighted by molar-refractivity contribution is 0.457. The first-order valence-corrected chi connectivity index (χ1v) is 7.66. The summed E-state index contributed by atoms with van der Waals surface area (Å²) in [5.41, 5.74) is 2.99. The first-order chi connectivity index (χ1) is 9.94. The largest absolute Gasteiger partial charge is 0.301 e. The van der Waals surface area contributed by atoms with Gasteiger partial charge >= 0.3 is 0 Å². The molecular weight excluding hydrogens is 256 g/mol. The van der Waals surface area contributed by atoms with Gasteiger partial charge in [0.15, 0.2) is 0 Å². The zero-order valence-electron chi connectivity index (χ0n) is 13.3. The third-order valence-electron chi connectivity index (χ3n) is 5.47. The fraction of sp³-hybridized carbons (Fsp3) is 0.421. The predicted octanol–water partition coefficient (Wildman–Crippen LogP) is 4.20. The van der Waals surface area contributed by atoms with Gasteiger partial charge in [0.25, 0.3) is 0 Å². The summed E-state index contributed by atoms with van der Waals surface area (Å²) in [5, 5.41) is 3.84. The molecule has 1 N–H and O–H groups in total. The Kier molecular flexibility index (Phi) is 3.37. The number of pyridine rings is 1. The summed E-state index contributed by atoms with van der Waals surface area (Å²) in [6.45, 7) is 9.35. The molecule has 2 heteroatoms. The highest BCUT2D eigenvalue weighted by molar-refractivity contribution is 5.30. The van der Waals surface area contributed by atoms with E-state index in [-0.39, 0.29) is 6.04 Å². The van der Waals surface area contributed by atoms with Crippen LogP contribution in [0.2, 0.25) is 0 Å². The van der Waals surface area contributed by atoms with Crippen molar-refractivity contribution in [1.82, 2.24) is 10.3 Å². The fourth-order valence-electron chi connectivity index (χ4n) is 3.32. The van der Waals surface area contributed by atoms with Gasteiger partial charge in [-0.1, -0.05) is 64.1 Å². The van der Waals surface area contributed by atoms with Gasteiger partial charge in [-0.05, 0) is 28.5 Å². The second-order valence-corrected chi connectivity index (χ2v) is 7.14. The van der Waals surface area contributed by atoms with Crippen molar-refractivity contribution in [2.45, 2.75) is 39.8 Å². The molecule has 110 valence electrons. The van der Waals surface area contributed by atoms with Gasteiger partial charge in [0.1, 0.15) is 0 Å². The summed E-state index contributed by atoms with van der Waals surface area (Å²) in [7, 11) is 0. The zero-order valence-corrected chi connectivity index (χ0v) is 13.3. The molecule has 1 heterocycles. The molecule has 2 nitrogen and oxygen atoms in total. The maximum absolute atomic E-state index is 4.57. The van der Waals surface area contributed by atoms with Crippen LogP contribution in [0.3, 0.4) is 0 Å². The first-order valence-electron chi connectivity index (χ1n) is 7.66. The Bertz CT molecular complexity index is 548. The quantitative estimate of drug-likeness (QED) is 0.908. The van der Waals surface area contributed by atoms with Crippen LogP contribution in [-0.4, -0.2) is 11.0 Å². The van der Waals surface area contributed by atoms with Gasteiger partial charge in [-0.3, -0.25) is 4.98 Å². The molecule has 0 radical (unpaired) electrons. The molecule has 1 unspecified atom stereocenters. The number of aromatic nitrogens is 1. The molecule has 1 aromatic heterocycles. The Morgan fingerprint density at radius 2 is 1.52 bits per heavy atom. The van der Waals surface area contributed by atoms with Gasteiger partial charge in [0.05, 0.1) is 11.7 Å². The molecule has 2 aromatic rings. The van der Waals surface area contributed by atoms with Gasteiger partial charge in [-0.15, -0.1) is 0 Å². The monoisotopic (exact) mass is 280 g/mol. The normalized spacial score (nSPS) is 21.0. The van der Waals surface area contributed by atoms with Crippen molar-refractivity contribution < 1.29 is 0 Å². The lowest BCUT2D eigenvalue weighted by atomic mass is 10.0. The van der Waals surface area contributed by atoms with Gasteiger partial charge < -0.3 is 5.32 Å². The molecule has 0 bridgehead atoms. The Balaban J connectivity index is 1.92. The van der Waals surface area contributed by atoms with Crippen molar-refractivity contribution in [3.63, 3.8) is 0 Å². The number of hydrogen-bond donors (Lipinski definition) is 1. The van der Waals surface area contributed by atoms with E-state index in [1.165, 1.54) is 5.56 Å². The molecule has 0 spiro atoms. The number of nitrogens with zero attached hydrogens (tertiary/aromatic N) is 1. The summed E-state index contributed by atoms with van der Waals surface area (Å²) in [4.78, 5) is 4.57. The van der Waals surface area contributed by atoms with Crippen molar-refractivity contribution >= 4 is 0 Å². The first kappa shape index (κ1) is 14.3. The summed E-state index contributed by atoms with van der Waals surface area (Å²) in [6.07, 6.45) is 1.87. The van der Waals surface area contributed by atoms with E-state index in [1.807, 2.05) is 12.3 Å². The minimum atomic E-state index is 0.151. The molecule has 1 aromatic carbocycles. The highest BCUT2D eigenvalue weighted by atomic mass is 15.1. The maximum atomic E-state index is 4.57. The van der Waals surface area contributed by atoms with Crippen LogP contribution in [-0.2, 0) is 0 Å². The van der Waals surface area contributed by atoms with Gasteiger partial charge in [-0.2, -0.15) is 0 Å². The second kappa shape index (κ2) is 4.96. The van der Waals surface area contributed by atoms with Crippen LogP contribution in [0.15, 0.2) is 54.7 Å². The van der Waals surface area contributed by atoms with Crippen molar-refractivity contribution in [2.75, 3.05) is 0 Å². The van der Waals surface area contributed by atoms with E-state index in [0.717, 1.165) is 5.69 Å². The zero-order chi connectivity index (χ0) is 15.1. The molecule has 0 saturated heterocycles. The Morgan fingerprint density at radius 3 is 2.05 bits per heavy atom. The van der Waals surface area contributed by atoms with E-state index < -0.39 is 0 Å². The van der Waals surface area contributed by atoms with Crippen LogP contribution in [0.5, 0.6) is 0 Å². The smallest absolute Gasteiger partial charge is 0.0753 e. The molecular formula is C19H24N2. The van der Waals surface area contributed by atoms with Crippen molar-refractivity contribution in [3.05, 3.63) is 66.0 Å². The van der Waals surface area contributed by atoms with E-state index in [9.17, 15) is 0 Å². The van der Waals surface area contributed by atoms with Crippen LogP contribution in [0, 0.1) is 10.8 Å². The topological polar surface area (TPSA) is 24.9 Å². The molecule has 1 fully saturated rings. The van der Waals surface area contributed by atoms with Gasteiger partial charge in [0.2, 0.25) is 0 Å². The lowest BCUT2D eigenvalue weighted by Gasteiger charge is -2.20. The third-order valence-corrected chi connectivity index (χ3v) is 5.47. The Labute approximate surface area is 127 Å². The average molecular weight is 280 g/mol. The van der Waals surface area contributed by atoms with Crippen molar-refractivity contribution in [1.29, 1.82) is 0 Å². The van der Waals surface area contributed by atoms with E-state index in [2.05, 4.69) is 80.5 Å². The highest BCUT2D eigenvalue weighted by Gasteiger charge is 2.65. The molecule has 1 saturated carbocycles. The molecule has 1 aliphatic rings. The van der Waals surface area contributed by atoms with E-state index in [1.54, 1.807) is 0 Å². The van der Waals surface area contributed by atoms with Gasteiger partial charge in [0, 0.05) is 12.2 Å².